The second-order valence-corrected chi connectivity index (χ2v) is 8.37. The summed E-state index contributed by atoms with van der Waals surface area (Å²) in [6, 6.07) is 5.76. The van der Waals surface area contributed by atoms with Crippen molar-refractivity contribution < 1.29 is 9.59 Å². The number of hydrogen-bond acceptors (Lipinski definition) is 5. The summed E-state index contributed by atoms with van der Waals surface area (Å²) in [5.74, 6) is 0.714. The molecule has 7 nitrogen and oxygen atoms in total. The molecule has 2 fully saturated rings. The summed E-state index contributed by atoms with van der Waals surface area (Å²) in [5.41, 5.74) is 3.51. The molecule has 1 aromatic carbocycles. The van der Waals surface area contributed by atoms with E-state index < -0.39 is 12.2 Å². The number of guanidine groups is 1. The Bertz CT molecular complexity index is 852. The van der Waals surface area contributed by atoms with Gasteiger partial charge in [-0.3, -0.25) is 9.69 Å². The number of amides is 3. The predicted octanol–water partition coefficient (Wildman–Crippen LogP) is 2.96. The number of aryl methyl sites for hydroxylation is 2. The van der Waals surface area contributed by atoms with Gasteiger partial charge in [0.15, 0.2) is 12.2 Å². The first-order valence-corrected chi connectivity index (χ1v) is 10.7. The smallest absolute Gasteiger partial charge is 0.325 e. The SMILES string of the molecule is CCCCCCN1C(=O)C2C(N=C3N(c4cc(C)ccc4C)CCN32)N(C)C1=O. The molecule has 0 radical (unpaired) electrons. The Morgan fingerprint density at radius 1 is 1.10 bits per heavy atom. The van der Waals surface area contributed by atoms with E-state index in [2.05, 4.69) is 48.8 Å². The highest BCUT2D eigenvalue weighted by atomic mass is 16.2. The Kier molecular flexibility index (Phi) is 5.23. The molecule has 156 valence electrons. The number of imide groups is 1. The molecule has 0 aromatic heterocycles. The Hall–Kier alpha value is -2.57. The van der Waals surface area contributed by atoms with Gasteiger partial charge in [0.1, 0.15) is 0 Å². The minimum absolute atomic E-state index is 0.101. The van der Waals surface area contributed by atoms with Crippen molar-refractivity contribution in [2.75, 3.05) is 31.6 Å². The largest absolute Gasteiger partial charge is 0.328 e. The van der Waals surface area contributed by atoms with E-state index in [1.165, 1.54) is 16.0 Å². The maximum atomic E-state index is 13.3. The van der Waals surface area contributed by atoms with Gasteiger partial charge in [0.2, 0.25) is 5.96 Å². The number of hydrogen-bond donors (Lipinski definition) is 0. The van der Waals surface area contributed by atoms with Gasteiger partial charge in [-0.25, -0.2) is 9.79 Å². The Balaban J connectivity index is 1.58. The summed E-state index contributed by atoms with van der Waals surface area (Å²) < 4.78 is 0. The number of nitrogens with zero attached hydrogens (tertiary/aromatic N) is 5. The maximum absolute atomic E-state index is 13.3. The second-order valence-electron chi connectivity index (χ2n) is 8.37. The number of carbonyl (C=O) groups excluding carboxylic acids is 2. The van der Waals surface area contributed by atoms with E-state index in [0.717, 1.165) is 50.4 Å². The highest BCUT2D eigenvalue weighted by Gasteiger charge is 2.54. The fraction of sp³-hybridized carbons (Fsp3) is 0.591. The average Bonchev–Trinajstić information content (AvgIpc) is 3.27. The van der Waals surface area contributed by atoms with Crippen LogP contribution >= 0.6 is 0 Å². The number of urea groups is 1. The van der Waals surface area contributed by atoms with Gasteiger partial charge in [-0.1, -0.05) is 38.3 Å². The first kappa shape index (κ1) is 19.7. The van der Waals surface area contributed by atoms with Crippen LogP contribution in [0, 0.1) is 13.8 Å². The van der Waals surface area contributed by atoms with Crippen LogP contribution in [0.1, 0.15) is 43.7 Å². The third-order valence-electron chi connectivity index (χ3n) is 6.27. The molecule has 1 aromatic rings. The zero-order valence-corrected chi connectivity index (χ0v) is 17.9. The molecule has 2 saturated heterocycles. The molecule has 7 heteroatoms. The summed E-state index contributed by atoms with van der Waals surface area (Å²) in [5, 5.41) is 0. The number of anilines is 1. The van der Waals surface area contributed by atoms with E-state index >= 15 is 0 Å². The molecule has 0 saturated carbocycles. The van der Waals surface area contributed by atoms with Crippen molar-refractivity contribution in [3.05, 3.63) is 29.3 Å². The van der Waals surface area contributed by atoms with Crippen molar-refractivity contribution in [3.8, 4) is 0 Å². The third-order valence-corrected chi connectivity index (χ3v) is 6.27. The van der Waals surface area contributed by atoms with Crippen molar-refractivity contribution in [1.82, 2.24) is 14.7 Å². The van der Waals surface area contributed by atoms with Gasteiger partial charge in [0, 0.05) is 32.4 Å². The van der Waals surface area contributed by atoms with Gasteiger partial charge in [-0.15, -0.1) is 0 Å². The van der Waals surface area contributed by atoms with E-state index in [4.69, 9.17) is 4.99 Å². The molecule has 0 N–H and O–H groups in total. The lowest BCUT2D eigenvalue weighted by molar-refractivity contribution is -0.137. The topological polar surface area (TPSA) is 59.5 Å². The highest BCUT2D eigenvalue weighted by Crippen LogP contribution is 2.34. The first-order valence-electron chi connectivity index (χ1n) is 10.7. The van der Waals surface area contributed by atoms with Gasteiger partial charge in [0.05, 0.1) is 0 Å². The molecule has 3 aliphatic heterocycles. The van der Waals surface area contributed by atoms with Gasteiger partial charge >= 0.3 is 6.03 Å². The summed E-state index contributed by atoms with van der Waals surface area (Å²) >= 11 is 0. The molecule has 0 bridgehead atoms. The van der Waals surface area contributed by atoms with Crippen LogP contribution < -0.4 is 4.90 Å². The molecule has 2 unspecified atom stereocenters. The number of unbranched alkanes of at least 4 members (excludes halogenated alkanes) is 3. The van der Waals surface area contributed by atoms with E-state index in [1.807, 2.05) is 0 Å². The number of carbonyl (C=O) groups is 2. The van der Waals surface area contributed by atoms with Gasteiger partial charge in [0.25, 0.3) is 5.91 Å². The van der Waals surface area contributed by atoms with Crippen LogP contribution in [0.2, 0.25) is 0 Å². The Morgan fingerprint density at radius 3 is 2.66 bits per heavy atom. The normalized spacial score (nSPS) is 23.7. The fourth-order valence-corrected chi connectivity index (χ4v) is 4.58. The number of aliphatic imine (C=N–C) groups is 1. The van der Waals surface area contributed by atoms with Crippen molar-refractivity contribution in [3.63, 3.8) is 0 Å². The summed E-state index contributed by atoms with van der Waals surface area (Å²) in [6.07, 6.45) is 3.72. The van der Waals surface area contributed by atoms with Gasteiger partial charge in [-0.2, -0.15) is 0 Å². The molecule has 4 rings (SSSR count). The summed E-state index contributed by atoms with van der Waals surface area (Å²) in [4.78, 5) is 38.3. The standard InChI is InChI=1S/C22H31N5O2/c1-5-6-7-8-11-27-20(28)18-19(24(4)22(27)29)23-21-25(12-13-26(18)21)17-14-15(2)9-10-16(17)3/h9-10,14,18-19H,5-8,11-13H2,1-4H3. The number of likely N-dealkylation sites (N-methyl/N-ethyl adjacent to an activating group) is 1. The van der Waals surface area contributed by atoms with Crippen molar-refractivity contribution >= 4 is 23.6 Å². The quantitative estimate of drug-likeness (QED) is 0.693. The van der Waals surface area contributed by atoms with Crippen LogP contribution in [0.5, 0.6) is 0 Å². The van der Waals surface area contributed by atoms with Crippen LogP contribution in [0.3, 0.4) is 0 Å². The molecular formula is C22H31N5O2. The van der Waals surface area contributed by atoms with Crippen LogP contribution in [0.4, 0.5) is 10.5 Å². The minimum atomic E-state index is -0.440. The molecule has 0 aliphatic carbocycles. The fourth-order valence-electron chi connectivity index (χ4n) is 4.58. The van der Waals surface area contributed by atoms with Crippen LogP contribution in [-0.4, -0.2) is 71.5 Å². The molecule has 0 spiro atoms. The van der Waals surface area contributed by atoms with Crippen molar-refractivity contribution in [1.29, 1.82) is 0 Å². The van der Waals surface area contributed by atoms with Crippen LogP contribution in [0.25, 0.3) is 0 Å². The number of rotatable bonds is 6. The summed E-state index contributed by atoms with van der Waals surface area (Å²) in [6.45, 7) is 8.37. The molecule has 2 atom stereocenters. The van der Waals surface area contributed by atoms with E-state index in [1.54, 1.807) is 11.9 Å². The predicted molar refractivity (Wildman–Crippen MR) is 114 cm³/mol. The lowest BCUT2D eigenvalue weighted by Crippen LogP contribution is -2.64. The van der Waals surface area contributed by atoms with E-state index in [-0.39, 0.29) is 11.9 Å². The molecule has 3 aliphatic rings. The van der Waals surface area contributed by atoms with Crippen LogP contribution in [0.15, 0.2) is 23.2 Å². The number of fused-ring (bicyclic) bond motifs is 3. The Labute approximate surface area is 173 Å². The Morgan fingerprint density at radius 2 is 1.90 bits per heavy atom. The zero-order valence-electron chi connectivity index (χ0n) is 17.9. The number of benzene rings is 1. The molecule has 3 heterocycles. The lowest BCUT2D eigenvalue weighted by Gasteiger charge is -2.40. The average molecular weight is 398 g/mol. The van der Waals surface area contributed by atoms with Crippen molar-refractivity contribution in [2.45, 2.75) is 58.7 Å². The minimum Gasteiger partial charge on any atom is -0.325 e. The van der Waals surface area contributed by atoms with Gasteiger partial charge in [-0.05, 0) is 37.5 Å². The van der Waals surface area contributed by atoms with Gasteiger partial charge < -0.3 is 14.7 Å². The molecule has 29 heavy (non-hydrogen) atoms. The second kappa shape index (κ2) is 7.69. The van der Waals surface area contributed by atoms with E-state index in [9.17, 15) is 9.59 Å². The maximum Gasteiger partial charge on any atom is 0.328 e. The van der Waals surface area contributed by atoms with E-state index in [0.29, 0.717) is 6.54 Å². The summed E-state index contributed by atoms with van der Waals surface area (Å²) in [7, 11) is 1.76. The van der Waals surface area contributed by atoms with Crippen molar-refractivity contribution in [2.24, 2.45) is 4.99 Å². The lowest BCUT2D eigenvalue weighted by atomic mass is 10.1. The zero-order chi connectivity index (χ0) is 20.7. The first-order chi connectivity index (χ1) is 13.9. The van der Waals surface area contributed by atoms with Crippen LogP contribution in [-0.2, 0) is 4.79 Å². The molecule has 3 amide bonds. The monoisotopic (exact) mass is 397 g/mol. The molecular weight excluding hydrogens is 366 g/mol. The highest BCUT2D eigenvalue weighted by molar-refractivity contribution is 6.08. The third kappa shape index (κ3) is 3.26.